The van der Waals surface area contributed by atoms with Crippen LogP contribution >= 0.6 is 0 Å². The molecule has 5 nitrogen and oxygen atoms in total. The summed E-state index contributed by atoms with van der Waals surface area (Å²) in [7, 11) is 0. The van der Waals surface area contributed by atoms with Crippen LogP contribution in [0.4, 0.5) is 29.3 Å². The van der Waals surface area contributed by atoms with E-state index in [0.29, 0.717) is 18.7 Å². The fraction of sp³-hybridized carbons (Fsp3) is 0.333. The zero-order chi connectivity index (χ0) is 21.1. The zero-order valence-corrected chi connectivity index (χ0v) is 16.1. The highest BCUT2D eigenvalue weighted by Crippen LogP contribution is 2.30. The molecule has 2 N–H and O–H groups in total. The highest BCUT2D eigenvalue weighted by atomic mass is 19.4. The molecule has 0 spiro atoms. The maximum Gasteiger partial charge on any atom is 0.416 e. The summed E-state index contributed by atoms with van der Waals surface area (Å²) in [5.41, 5.74) is 0.502. The van der Waals surface area contributed by atoms with Gasteiger partial charge < -0.3 is 15.4 Å². The maximum atomic E-state index is 12.8. The molecule has 3 rings (SSSR count). The lowest BCUT2D eigenvalue weighted by molar-refractivity contribution is -0.562. The Kier molecular flexibility index (Phi) is 5.93. The zero-order valence-electron chi connectivity index (χ0n) is 16.1. The molecule has 0 aromatic heterocycles. The number of nitrogens with zero attached hydrogens (tertiary/aromatic N) is 1. The second-order valence-corrected chi connectivity index (χ2v) is 7.38. The van der Waals surface area contributed by atoms with Gasteiger partial charge in [-0.05, 0) is 42.8 Å². The molecule has 0 saturated carbocycles. The quantitative estimate of drug-likeness (QED) is 0.740. The predicted molar refractivity (Wildman–Crippen MR) is 106 cm³/mol. The van der Waals surface area contributed by atoms with Crippen molar-refractivity contribution in [2.24, 2.45) is 0 Å². The number of rotatable bonds is 4. The topological polar surface area (TPSA) is 53.4 Å². The maximum absolute atomic E-state index is 12.8. The van der Waals surface area contributed by atoms with E-state index in [1.54, 1.807) is 12.1 Å². The lowest BCUT2D eigenvalue weighted by atomic mass is 9.95. The van der Waals surface area contributed by atoms with Gasteiger partial charge in [0.2, 0.25) is 0 Å². The lowest BCUT2D eigenvalue weighted by Crippen LogP contribution is -2.47. The second kappa shape index (κ2) is 8.24. The third-order valence-corrected chi connectivity index (χ3v) is 4.65. The minimum absolute atomic E-state index is 0.0639. The van der Waals surface area contributed by atoms with E-state index in [1.165, 1.54) is 12.1 Å². The largest absolute Gasteiger partial charge is 0.416 e. The molecule has 1 fully saturated rings. The summed E-state index contributed by atoms with van der Waals surface area (Å²) in [5, 5.41) is 5.03. The predicted octanol–water partition coefficient (Wildman–Crippen LogP) is 4.39. The van der Waals surface area contributed by atoms with Gasteiger partial charge in [-0.3, -0.25) is 0 Å². The Bertz CT molecular complexity index is 897. The third kappa shape index (κ3) is 5.80. The molecular weight excluding hydrogens is 383 g/mol. The number of alkyl halides is 3. The van der Waals surface area contributed by atoms with Crippen LogP contribution in [-0.4, -0.2) is 42.6 Å². The summed E-state index contributed by atoms with van der Waals surface area (Å²) in [5.74, 6) is 0. The average Bonchev–Trinajstić information content (AvgIpc) is 2.62. The minimum atomic E-state index is -4.46. The normalized spacial score (nSPS) is 19.7. The van der Waals surface area contributed by atoms with Gasteiger partial charge >= 0.3 is 12.2 Å². The van der Waals surface area contributed by atoms with Gasteiger partial charge in [-0.25, -0.2) is 9.37 Å². The second-order valence-electron chi connectivity index (χ2n) is 7.38. The van der Waals surface area contributed by atoms with Crippen LogP contribution in [0.3, 0.4) is 0 Å². The Morgan fingerprint density at radius 2 is 1.86 bits per heavy atom. The number of carbonyl (C=O) groups excluding carboxylic acids is 1. The Morgan fingerprint density at radius 1 is 1.17 bits per heavy atom. The number of ether oxygens (including phenoxy) is 1. The Hall–Kier alpha value is -2.87. The van der Waals surface area contributed by atoms with E-state index in [0.717, 1.165) is 30.8 Å². The number of hydrogen-bond acceptors (Lipinski definition) is 2. The monoisotopic (exact) mass is 406 g/mol. The number of anilines is 2. The van der Waals surface area contributed by atoms with Gasteiger partial charge in [0.1, 0.15) is 18.9 Å². The van der Waals surface area contributed by atoms with Crippen molar-refractivity contribution in [1.82, 2.24) is 0 Å². The Balaban J connectivity index is 1.58. The van der Waals surface area contributed by atoms with Crippen molar-refractivity contribution in [2.45, 2.75) is 25.1 Å². The number of nitrogens with one attached hydrogen (secondary N) is 2. The summed E-state index contributed by atoms with van der Waals surface area (Å²) >= 11 is 0. The van der Waals surface area contributed by atoms with Crippen LogP contribution in [0.15, 0.2) is 48.5 Å². The van der Waals surface area contributed by atoms with Crippen LogP contribution in [0.5, 0.6) is 0 Å². The van der Waals surface area contributed by atoms with E-state index >= 15 is 0 Å². The molecule has 0 radical (unpaired) electrons. The van der Waals surface area contributed by atoms with Crippen LogP contribution in [0.1, 0.15) is 18.1 Å². The standard InChI is InChI=1S/C21H22F3N3O2/c1-20(14-27(2)10-11-29-20)13-15-6-8-17(9-7-15)25-19(28)26-18-5-3-4-16(12-18)21(22,23)24/h3-9,12H,2,10-11,13-14H2,1H3,(H-,25,26,28)/p+1. The minimum Gasteiger partial charge on any atom is -0.362 e. The van der Waals surface area contributed by atoms with E-state index in [4.69, 9.17) is 4.74 Å². The van der Waals surface area contributed by atoms with Crippen LogP contribution in [0.25, 0.3) is 0 Å². The molecule has 154 valence electrons. The fourth-order valence-electron chi connectivity index (χ4n) is 3.33. The van der Waals surface area contributed by atoms with E-state index < -0.39 is 17.8 Å². The number of urea groups is 1. The molecule has 2 aromatic rings. The molecule has 0 aliphatic carbocycles. The van der Waals surface area contributed by atoms with Crippen molar-refractivity contribution >= 4 is 24.1 Å². The van der Waals surface area contributed by atoms with Gasteiger partial charge in [0.25, 0.3) is 0 Å². The van der Waals surface area contributed by atoms with E-state index in [2.05, 4.69) is 17.4 Å². The number of halogens is 3. The molecule has 1 heterocycles. The van der Waals surface area contributed by atoms with Crippen molar-refractivity contribution in [3.05, 3.63) is 59.7 Å². The Labute approximate surface area is 167 Å². The van der Waals surface area contributed by atoms with Gasteiger partial charge in [0, 0.05) is 17.8 Å². The van der Waals surface area contributed by atoms with Crippen LogP contribution in [0.2, 0.25) is 0 Å². The Morgan fingerprint density at radius 3 is 2.52 bits per heavy atom. The summed E-state index contributed by atoms with van der Waals surface area (Å²) in [4.78, 5) is 12.1. The number of carbonyl (C=O) groups is 1. The molecule has 1 aliphatic rings. The third-order valence-electron chi connectivity index (χ3n) is 4.65. The smallest absolute Gasteiger partial charge is 0.362 e. The first-order valence-electron chi connectivity index (χ1n) is 9.17. The van der Waals surface area contributed by atoms with Crippen molar-refractivity contribution in [3.8, 4) is 0 Å². The molecule has 2 amide bonds. The average molecular weight is 406 g/mol. The molecule has 1 atom stereocenters. The first kappa shape index (κ1) is 20.9. The van der Waals surface area contributed by atoms with Crippen molar-refractivity contribution in [3.63, 3.8) is 0 Å². The number of amides is 2. The van der Waals surface area contributed by atoms with Gasteiger partial charge in [-0.15, -0.1) is 0 Å². The highest BCUT2D eigenvalue weighted by Gasteiger charge is 2.34. The molecule has 1 saturated heterocycles. The van der Waals surface area contributed by atoms with E-state index in [1.807, 2.05) is 23.6 Å². The summed E-state index contributed by atoms with van der Waals surface area (Å²) < 4.78 is 46.2. The van der Waals surface area contributed by atoms with Gasteiger partial charge in [-0.1, -0.05) is 18.2 Å². The number of benzene rings is 2. The van der Waals surface area contributed by atoms with Gasteiger partial charge in [0.05, 0.1) is 5.56 Å². The van der Waals surface area contributed by atoms with Crippen LogP contribution in [-0.2, 0) is 17.3 Å². The molecule has 2 aromatic carbocycles. The first-order valence-corrected chi connectivity index (χ1v) is 9.17. The van der Waals surface area contributed by atoms with Crippen molar-refractivity contribution < 1.29 is 27.3 Å². The van der Waals surface area contributed by atoms with Crippen molar-refractivity contribution in [2.75, 3.05) is 30.3 Å². The summed E-state index contributed by atoms with van der Waals surface area (Å²) in [6.45, 7) is 8.18. The molecule has 8 heteroatoms. The molecule has 1 unspecified atom stereocenters. The SMILES string of the molecule is C=[N+]1CCOC(C)(Cc2ccc(NC(=O)Nc3cccc(C(F)(F)F)c3)cc2)C1. The van der Waals surface area contributed by atoms with E-state index in [9.17, 15) is 18.0 Å². The molecule has 0 bridgehead atoms. The molecule has 1 aliphatic heterocycles. The first-order chi connectivity index (χ1) is 13.6. The summed E-state index contributed by atoms with van der Waals surface area (Å²) in [6.07, 6.45) is -3.76. The van der Waals surface area contributed by atoms with Crippen LogP contribution < -0.4 is 10.6 Å². The number of morpholine rings is 1. The number of hydrogen-bond donors (Lipinski definition) is 2. The highest BCUT2D eigenvalue weighted by molar-refractivity contribution is 5.99. The molecule has 29 heavy (non-hydrogen) atoms. The lowest BCUT2D eigenvalue weighted by Gasteiger charge is -2.31. The van der Waals surface area contributed by atoms with Crippen LogP contribution in [0, 0.1) is 0 Å². The van der Waals surface area contributed by atoms with Gasteiger partial charge in [-0.2, -0.15) is 13.2 Å². The molecular formula is C21H23F3N3O2+. The summed E-state index contributed by atoms with van der Waals surface area (Å²) in [6, 6.07) is 11.1. The van der Waals surface area contributed by atoms with Crippen molar-refractivity contribution in [1.29, 1.82) is 0 Å². The fourth-order valence-corrected chi connectivity index (χ4v) is 3.33. The van der Waals surface area contributed by atoms with Gasteiger partial charge in [0.15, 0.2) is 13.1 Å². The van der Waals surface area contributed by atoms with E-state index in [-0.39, 0.29) is 11.3 Å².